The number of nitrogens with zero attached hydrogens (tertiary/aromatic N) is 2. The van der Waals surface area contributed by atoms with Crippen LogP contribution in [0.25, 0.3) is 0 Å². The van der Waals surface area contributed by atoms with E-state index in [1.54, 1.807) is 12.3 Å². The average Bonchev–Trinajstić information content (AvgIpc) is 2.45. The van der Waals surface area contributed by atoms with Crippen LogP contribution in [0.15, 0.2) is 18.3 Å². The quantitative estimate of drug-likeness (QED) is 0.796. The van der Waals surface area contributed by atoms with Crippen molar-refractivity contribution in [1.29, 1.82) is 0 Å². The van der Waals surface area contributed by atoms with Crippen molar-refractivity contribution in [2.45, 2.75) is 25.9 Å². The predicted octanol–water partition coefficient (Wildman–Crippen LogP) is 2.25. The van der Waals surface area contributed by atoms with Crippen molar-refractivity contribution in [2.24, 2.45) is 0 Å². The fourth-order valence-corrected chi connectivity index (χ4v) is 2.41. The number of halogens is 1. The van der Waals surface area contributed by atoms with Crippen LogP contribution in [-0.4, -0.2) is 47.5 Å². The normalized spacial score (nSPS) is 16.6. The van der Waals surface area contributed by atoms with Gasteiger partial charge < -0.3 is 9.64 Å². The number of carbonyl (C=O) groups is 1. The lowest BCUT2D eigenvalue weighted by molar-refractivity contribution is 0.0154. The van der Waals surface area contributed by atoms with Crippen LogP contribution in [0.2, 0.25) is 0 Å². The van der Waals surface area contributed by atoms with Crippen molar-refractivity contribution < 1.29 is 9.53 Å². The van der Waals surface area contributed by atoms with Gasteiger partial charge in [-0.1, -0.05) is 0 Å². The number of hydrogen-bond acceptors (Lipinski definition) is 3. The first-order valence-corrected chi connectivity index (χ1v) is 7.14. The number of amides is 1. The third-order valence-electron chi connectivity index (χ3n) is 3.40. The van der Waals surface area contributed by atoms with E-state index in [1.165, 1.54) is 0 Å². The summed E-state index contributed by atoms with van der Waals surface area (Å²) < 4.78 is 5.61. The summed E-state index contributed by atoms with van der Waals surface area (Å²) in [5.41, 5.74) is 1.48. The molecule has 2 rings (SSSR count). The maximum Gasteiger partial charge on any atom is 0.255 e. The zero-order chi connectivity index (χ0) is 13.7. The second-order valence-corrected chi connectivity index (χ2v) is 5.07. The number of rotatable bonds is 4. The second kappa shape index (κ2) is 6.87. The van der Waals surface area contributed by atoms with Gasteiger partial charge >= 0.3 is 0 Å². The summed E-state index contributed by atoms with van der Waals surface area (Å²) >= 11 is 5.60. The number of hydrogen-bond donors (Lipinski definition) is 0. The average molecular weight is 283 g/mol. The van der Waals surface area contributed by atoms with Gasteiger partial charge in [0.05, 0.1) is 18.3 Å². The van der Waals surface area contributed by atoms with Gasteiger partial charge in [-0.3, -0.25) is 9.78 Å². The zero-order valence-electron chi connectivity index (χ0n) is 11.1. The monoisotopic (exact) mass is 282 g/mol. The summed E-state index contributed by atoms with van der Waals surface area (Å²) in [5, 5.41) is 0. The van der Waals surface area contributed by atoms with E-state index in [2.05, 4.69) is 4.98 Å². The molecule has 19 heavy (non-hydrogen) atoms. The highest BCUT2D eigenvalue weighted by Crippen LogP contribution is 2.17. The Morgan fingerprint density at radius 2 is 2.26 bits per heavy atom. The molecule has 104 valence electrons. The summed E-state index contributed by atoms with van der Waals surface area (Å²) in [7, 11) is 0. The molecule has 0 atom stereocenters. The fraction of sp³-hybridized carbons (Fsp3) is 0.571. The lowest BCUT2D eigenvalue weighted by Crippen LogP contribution is -2.41. The first-order chi connectivity index (χ1) is 9.22. The Balaban J connectivity index is 1.91. The van der Waals surface area contributed by atoms with Gasteiger partial charge in [0.25, 0.3) is 5.91 Å². The summed E-state index contributed by atoms with van der Waals surface area (Å²) in [6.45, 7) is 3.92. The molecule has 1 fully saturated rings. The third-order valence-corrected chi connectivity index (χ3v) is 3.55. The molecule has 4 nitrogen and oxygen atoms in total. The van der Waals surface area contributed by atoms with Gasteiger partial charge in [0.1, 0.15) is 0 Å². The molecule has 0 aliphatic carbocycles. The topological polar surface area (TPSA) is 42.4 Å². The second-order valence-electron chi connectivity index (χ2n) is 4.69. The van der Waals surface area contributed by atoms with Crippen LogP contribution in [0.3, 0.4) is 0 Å². The van der Waals surface area contributed by atoms with Gasteiger partial charge in [0, 0.05) is 30.9 Å². The number of ether oxygens (including phenoxy) is 1. The SMILES string of the molecule is Cc1ncccc1C(=O)N1CCC(OCCCl)CC1. The van der Waals surface area contributed by atoms with E-state index in [0.29, 0.717) is 18.1 Å². The molecule has 1 aliphatic heterocycles. The molecule has 0 saturated carbocycles. The Labute approximate surface area is 118 Å². The van der Waals surface area contributed by atoms with Gasteiger partial charge in [-0.05, 0) is 31.9 Å². The van der Waals surface area contributed by atoms with E-state index in [0.717, 1.165) is 31.6 Å². The van der Waals surface area contributed by atoms with Crippen molar-refractivity contribution >= 4 is 17.5 Å². The zero-order valence-corrected chi connectivity index (χ0v) is 11.9. The predicted molar refractivity (Wildman–Crippen MR) is 74.6 cm³/mol. The van der Waals surface area contributed by atoms with Crippen LogP contribution in [0.4, 0.5) is 0 Å². The molecular weight excluding hydrogens is 264 g/mol. The molecule has 0 spiro atoms. The molecule has 5 heteroatoms. The number of likely N-dealkylation sites (tertiary alicyclic amines) is 1. The smallest absolute Gasteiger partial charge is 0.255 e. The molecule has 0 N–H and O–H groups in total. The molecule has 1 saturated heterocycles. The molecule has 0 bridgehead atoms. The van der Waals surface area contributed by atoms with Crippen LogP contribution in [0, 0.1) is 6.92 Å². The highest BCUT2D eigenvalue weighted by atomic mass is 35.5. The standard InChI is InChI=1S/C14H19ClN2O2/c1-11-13(3-2-7-16-11)14(18)17-8-4-12(5-9-17)19-10-6-15/h2-3,7,12H,4-6,8-10H2,1H3. The van der Waals surface area contributed by atoms with Crippen LogP contribution in [0.1, 0.15) is 28.9 Å². The van der Waals surface area contributed by atoms with Gasteiger partial charge in [-0.2, -0.15) is 0 Å². The highest BCUT2D eigenvalue weighted by Gasteiger charge is 2.24. The molecule has 1 aliphatic rings. The van der Waals surface area contributed by atoms with Crippen LogP contribution >= 0.6 is 11.6 Å². The van der Waals surface area contributed by atoms with E-state index in [4.69, 9.17) is 16.3 Å². The maximum atomic E-state index is 12.4. The Bertz CT molecular complexity index is 431. The summed E-state index contributed by atoms with van der Waals surface area (Å²) in [4.78, 5) is 18.4. The van der Waals surface area contributed by atoms with E-state index < -0.39 is 0 Å². The van der Waals surface area contributed by atoms with E-state index in [-0.39, 0.29) is 12.0 Å². The summed E-state index contributed by atoms with van der Waals surface area (Å²) in [5.74, 6) is 0.593. The molecule has 0 aromatic carbocycles. The highest BCUT2D eigenvalue weighted by molar-refractivity contribution is 6.17. The molecular formula is C14H19ClN2O2. The summed E-state index contributed by atoms with van der Waals surface area (Å²) in [6.07, 6.45) is 3.69. The molecule has 1 aromatic heterocycles. The van der Waals surface area contributed by atoms with Crippen LogP contribution < -0.4 is 0 Å². The molecule has 0 radical (unpaired) electrons. The largest absolute Gasteiger partial charge is 0.377 e. The number of piperidine rings is 1. The third kappa shape index (κ3) is 3.67. The Hall–Kier alpha value is -1.13. The van der Waals surface area contributed by atoms with E-state index in [1.807, 2.05) is 17.9 Å². The van der Waals surface area contributed by atoms with Crippen molar-refractivity contribution in [3.05, 3.63) is 29.6 Å². The van der Waals surface area contributed by atoms with Gasteiger partial charge in [-0.25, -0.2) is 0 Å². The van der Waals surface area contributed by atoms with Gasteiger partial charge in [-0.15, -0.1) is 11.6 Å². The first-order valence-electron chi connectivity index (χ1n) is 6.61. The minimum absolute atomic E-state index is 0.0707. The number of aryl methyl sites for hydroxylation is 1. The number of alkyl halides is 1. The Morgan fingerprint density at radius 1 is 1.53 bits per heavy atom. The van der Waals surface area contributed by atoms with Gasteiger partial charge in [0.2, 0.25) is 0 Å². The van der Waals surface area contributed by atoms with Crippen molar-refractivity contribution in [3.63, 3.8) is 0 Å². The lowest BCUT2D eigenvalue weighted by atomic mass is 10.1. The molecule has 1 amide bonds. The fourth-order valence-electron chi connectivity index (χ4n) is 2.32. The summed E-state index contributed by atoms with van der Waals surface area (Å²) in [6, 6.07) is 3.64. The Kier molecular flexibility index (Phi) is 5.16. The molecule has 2 heterocycles. The Morgan fingerprint density at radius 3 is 2.89 bits per heavy atom. The van der Waals surface area contributed by atoms with E-state index in [9.17, 15) is 4.79 Å². The molecule has 1 aromatic rings. The number of pyridine rings is 1. The minimum atomic E-state index is 0.0707. The van der Waals surface area contributed by atoms with Crippen molar-refractivity contribution in [1.82, 2.24) is 9.88 Å². The van der Waals surface area contributed by atoms with Crippen molar-refractivity contribution in [2.75, 3.05) is 25.6 Å². The first kappa shape index (κ1) is 14.3. The number of aromatic nitrogens is 1. The van der Waals surface area contributed by atoms with Crippen molar-refractivity contribution in [3.8, 4) is 0 Å². The van der Waals surface area contributed by atoms with Gasteiger partial charge in [0.15, 0.2) is 0 Å². The minimum Gasteiger partial charge on any atom is -0.377 e. The lowest BCUT2D eigenvalue weighted by Gasteiger charge is -2.32. The number of carbonyl (C=O) groups excluding carboxylic acids is 1. The van der Waals surface area contributed by atoms with Crippen LogP contribution in [0.5, 0.6) is 0 Å². The molecule has 0 unspecified atom stereocenters. The maximum absolute atomic E-state index is 12.4. The van der Waals surface area contributed by atoms with E-state index >= 15 is 0 Å². The van der Waals surface area contributed by atoms with Crippen LogP contribution in [-0.2, 0) is 4.74 Å².